The summed E-state index contributed by atoms with van der Waals surface area (Å²) in [5.41, 5.74) is 2.81. The summed E-state index contributed by atoms with van der Waals surface area (Å²) in [4.78, 5) is 14.2. The van der Waals surface area contributed by atoms with E-state index < -0.39 is 30.0 Å². The first kappa shape index (κ1) is 34.1. The molecule has 1 aliphatic heterocycles. The van der Waals surface area contributed by atoms with E-state index in [4.69, 9.17) is 4.74 Å². The Labute approximate surface area is 286 Å². The van der Waals surface area contributed by atoms with Gasteiger partial charge in [-0.2, -0.15) is 52.2 Å². The van der Waals surface area contributed by atoms with Gasteiger partial charge in [0, 0.05) is 24.5 Å². The number of morpholine rings is 1. The predicted molar refractivity (Wildman–Crippen MR) is 183 cm³/mol. The van der Waals surface area contributed by atoms with Crippen LogP contribution in [-0.2, 0) is 25.0 Å². The van der Waals surface area contributed by atoms with E-state index in [-0.39, 0.29) is 11.6 Å². The molecule has 50 heavy (non-hydrogen) atoms. The Hall–Kier alpha value is -5.73. The third kappa shape index (κ3) is 9.24. The van der Waals surface area contributed by atoms with Gasteiger partial charge in [0.2, 0.25) is 17.8 Å². The van der Waals surface area contributed by atoms with Crippen LogP contribution in [0.25, 0.3) is 0 Å². The van der Waals surface area contributed by atoms with Crippen LogP contribution in [0.1, 0.15) is 0 Å². The van der Waals surface area contributed by atoms with E-state index >= 15 is 0 Å². The van der Waals surface area contributed by atoms with Crippen LogP contribution in [-0.4, -0.2) is 67.2 Å². The van der Waals surface area contributed by atoms with E-state index in [0.29, 0.717) is 67.0 Å². The molecule has 4 N–H and O–H groups in total. The zero-order chi connectivity index (χ0) is 35.1. The summed E-state index contributed by atoms with van der Waals surface area (Å²) in [5, 5.41) is 22.7. The Morgan fingerprint density at radius 3 is 1.48 bits per heavy atom. The van der Waals surface area contributed by atoms with Gasteiger partial charge in [-0.05, 0) is 78.9 Å². The Morgan fingerprint density at radius 2 is 1.02 bits per heavy atom. The van der Waals surface area contributed by atoms with E-state index in [9.17, 15) is 25.9 Å². The topological polar surface area (TPSA) is 233 Å². The Bertz CT molecular complexity index is 2200. The minimum Gasteiger partial charge on any atom is -0.378 e. The molecule has 19 heteroatoms. The van der Waals surface area contributed by atoms with Crippen LogP contribution in [0.4, 0.5) is 52.0 Å². The van der Waals surface area contributed by atoms with Gasteiger partial charge in [0.1, 0.15) is 0 Å². The van der Waals surface area contributed by atoms with E-state index in [1.54, 1.807) is 24.3 Å². The molecule has 0 spiro atoms. The smallest absolute Gasteiger partial charge is 0.294 e. The van der Waals surface area contributed by atoms with Gasteiger partial charge in [-0.3, -0.25) is 9.11 Å². The second-order valence-electron chi connectivity index (χ2n) is 10.6. The molecule has 1 aromatic heterocycles. The van der Waals surface area contributed by atoms with Crippen molar-refractivity contribution in [2.24, 2.45) is 20.5 Å². The average Bonchev–Trinajstić information content (AvgIpc) is 3.11. The summed E-state index contributed by atoms with van der Waals surface area (Å²) in [6.07, 6.45) is 0. The van der Waals surface area contributed by atoms with Gasteiger partial charge < -0.3 is 20.3 Å². The lowest BCUT2D eigenvalue weighted by Crippen LogP contribution is -2.37. The molecule has 1 fully saturated rings. The van der Waals surface area contributed by atoms with Crippen LogP contribution < -0.4 is 15.5 Å². The number of ether oxygens (including phenoxy) is 1. The van der Waals surface area contributed by atoms with Crippen molar-refractivity contribution in [1.29, 1.82) is 0 Å². The van der Waals surface area contributed by atoms with Crippen molar-refractivity contribution in [3.63, 3.8) is 0 Å². The third-order valence-corrected chi connectivity index (χ3v) is 8.61. The zero-order valence-corrected chi connectivity index (χ0v) is 27.5. The summed E-state index contributed by atoms with van der Waals surface area (Å²) in [5.74, 6) is 0.999. The molecular formula is C31H28N10O7S2. The first-order valence-corrected chi connectivity index (χ1v) is 17.7. The van der Waals surface area contributed by atoms with Gasteiger partial charge in [0.15, 0.2) is 0 Å². The number of aromatic nitrogens is 3. The molecular weight excluding hydrogens is 689 g/mol. The number of hydrogen-bond acceptors (Lipinski definition) is 15. The summed E-state index contributed by atoms with van der Waals surface area (Å²) in [7, 11) is -9.59. The number of benzene rings is 4. The Morgan fingerprint density at radius 1 is 0.580 bits per heavy atom. The molecule has 4 aromatic carbocycles. The van der Waals surface area contributed by atoms with Gasteiger partial charge in [0.05, 0.1) is 45.8 Å². The number of nitrogens with one attached hydrogen (secondary N) is 2. The lowest BCUT2D eigenvalue weighted by Gasteiger charge is -2.27. The minimum absolute atomic E-state index is 0.234. The van der Waals surface area contributed by atoms with Gasteiger partial charge in [-0.25, -0.2) is 0 Å². The fourth-order valence-corrected chi connectivity index (χ4v) is 5.67. The SMILES string of the molecule is O=S(=O)(O)c1cc(N=Nc2ccc(Nc3nc(Nc4ccc(N=Nc5ccccc5)cc4)nc(N4CCOCC4)n3)cc2)cc(S(=O)(=O)O)c1. The Balaban J connectivity index is 1.19. The maximum absolute atomic E-state index is 11.6. The van der Waals surface area contributed by atoms with Gasteiger partial charge in [-0.15, -0.1) is 0 Å². The first-order valence-electron chi connectivity index (χ1n) is 14.8. The highest BCUT2D eigenvalue weighted by Gasteiger charge is 2.19. The molecule has 0 atom stereocenters. The van der Waals surface area contributed by atoms with Crippen molar-refractivity contribution in [2.45, 2.75) is 9.79 Å². The summed E-state index contributed by atoms with van der Waals surface area (Å²) >= 11 is 0. The average molecular weight is 717 g/mol. The second-order valence-corrected chi connectivity index (χ2v) is 13.4. The number of nitrogens with zero attached hydrogens (tertiary/aromatic N) is 8. The summed E-state index contributed by atoms with van der Waals surface area (Å²) < 4.78 is 70.6. The molecule has 0 saturated carbocycles. The predicted octanol–water partition coefficient (Wildman–Crippen LogP) is 6.52. The summed E-state index contributed by atoms with van der Waals surface area (Å²) in [6, 6.07) is 25.6. The van der Waals surface area contributed by atoms with Crippen molar-refractivity contribution in [1.82, 2.24) is 15.0 Å². The summed E-state index contributed by atoms with van der Waals surface area (Å²) in [6.45, 7) is 2.26. The Kier molecular flexibility index (Phi) is 10.1. The number of rotatable bonds is 11. The van der Waals surface area contributed by atoms with E-state index in [1.807, 2.05) is 59.5 Å². The highest BCUT2D eigenvalue weighted by molar-refractivity contribution is 7.86. The highest BCUT2D eigenvalue weighted by atomic mass is 32.2. The molecule has 0 aliphatic carbocycles. The normalized spacial score (nSPS) is 13.9. The fourth-order valence-electron chi connectivity index (χ4n) is 4.50. The van der Waals surface area contributed by atoms with Crippen molar-refractivity contribution in [3.8, 4) is 0 Å². The molecule has 0 radical (unpaired) electrons. The number of anilines is 5. The van der Waals surface area contributed by atoms with Gasteiger partial charge in [-0.1, -0.05) is 18.2 Å². The van der Waals surface area contributed by atoms with E-state index in [2.05, 4.69) is 46.0 Å². The van der Waals surface area contributed by atoms with Gasteiger partial charge >= 0.3 is 0 Å². The quantitative estimate of drug-likeness (QED) is 0.0843. The molecule has 0 bridgehead atoms. The lowest BCUT2D eigenvalue weighted by molar-refractivity contribution is 0.122. The largest absolute Gasteiger partial charge is 0.378 e. The molecule has 1 saturated heterocycles. The van der Waals surface area contributed by atoms with Gasteiger partial charge in [0.25, 0.3) is 20.2 Å². The lowest BCUT2D eigenvalue weighted by atomic mass is 10.3. The van der Waals surface area contributed by atoms with E-state index in [1.165, 1.54) is 0 Å². The maximum atomic E-state index is 11.6. The minimum atomic E-state index is -4.79. The van der Waals surface area contributed by atoms with Crippen molar-refractivity contribution in [2.75, 3.05) is 41.8 Å². The first-order chi connectivity index (χ1) is 24.0. The van der Waals surface area contributed by atoms with Crippen LogP contribution >= 0.6 is 0 Å². The maximum Gasteiger partial charge on any atom is 0.294 e. The highest BCUT2D eigenvalue weighted by Crippen LogP contribution is 2.28. The molecule has 5 aromatic rings. The van der Waals surface area contributed by atoms with Crippen LogP contribution in [0.3, 0.4) is 0 Å². The van der Waals surface area contributed by atoms with Crippen LogP contribution in [0.2, 0.25) is 0 Å². The molecule has 1 aliphatic rings. The second kappa shape index (κ2) is 14.8. The monoisotopic (exact) mass is 716 g/mol. The molecule has 6 rings (SSSR count). The van der Waals surface area contributed by atoms with Crippen LogP contribution in [0.5, 0.6) is 0 Å². The van der Waals surface area contributed by atoms with E-state index in [0.717, 1.165) is 17.8 Å². The third-order valence-electron chi connectivity index (χ3n) is 6.94. The number of azo groups is 2. The molecule has 0 amide bonds. The fraction of sp³-hybridized carbons (Fsp3) is 0.129. The molecule has 0 unspecified atom stereocenters. The van der Waals surface area contributed by atoms with Crippen LogP contribution in [0, 0.1) is 0 Å². The van der Waals surface area contributed by atoms with Crippen molar-refractivity contribution in [3.05, 3.63) is 97.1 Å². The number of hydrogen-bond donors (Lipinski definition) is 4. The zero-order valence-electron chi connectivity index (χ0n) is 25.9. The molecule has 2 heterocycles. The standard InChI is InChI=1S/C31H28N10O7S2/c42-49(43,44)27-18-26(19-28(20-27)50(45,46)47)40-39-25-12-8-22(9-13-25)33-30-34-29(35-31(36-30)41-14-16-48-17-15-41)32-21-6-10-24(11-7-21)38-37-23-4-2-1-3-5-23/h1-13,18-20H,14-17H2,(H,42,43,44)(H,45,46,47)(H2,32,33,34,35,36). The van der Waals surface area contributed by atoms with Crippen molar-refractivity contribution >= 4 is 72.2 Å². The van der Waals surface area contributed by atoms with Crippen LogP contribution in [0.15, 0.2) is 127 Å². The molecule has 17 nitrogen and oxygen atoms in total. The molecule has 256 valence electrons. The van der Waals surface area contributed by atoms with Crippen molar-refractivity contribution < 1.29 is 30.7 Å².